The minimum absolute atomic E-state index is 0.180. The van der Waals surface area contributed by atoms with E-state index in [0.717, 1.165) is 12.8 Å². The second kappa shape index (κ2) is 5.69. The molecule has 1 aliphatic carbocycles. The molecule has 2 aromatic rings. The third-order valence-electron chi connectivity index (χ3n) is 3.66. The van der Waals surface area contributed by atoms with Gasteiger partial charge >= 0.3 is 5.97 Å². The number of thiophene rings is 1. The molecule has 0 saturated heterocycles. The van der Waals surface area contributed by atoms with Crippen molar-refractivity contribution in [1.29, 1.82) is 0 Å². The summed E-state index contributed by atoms with van der Waals surface area (Å²) in [7, 11) is 0. The summed E-state index contributed by atoms with van der Waals surface area (Å²) in [5.41, 5.74) is 0.701. The van der Waals surface area contributed by atoms with Crippen molar-refractivity contribution in [1.82, 2.24) is 9.78 Å². The van der Waals surface area contributed by atoms with Crippen LogP contribution < -0.4 is 5.32 Å². The lowest BCUT2D eigenvalue weighted by atomic mass is 10.2. The highest BCUT2D eigenvalue weighted by Gasteiger charge is 2.23. The molecule has 1 amide bonds. The molecule has 3 rings (SSSR count). The van der Waals surface area contributed by atoms with Crippen molar-refractivity contribution >= 4 is 28.2 Å². The molecule has 0 aliphatic heterocycles. The Labute approximate surface area is 125 Å². The molecule has 2 aromatic heterocycles. The second-order valence-electron chi connectivity index (χ2n) is 5.06. The summed E-state index contributed by atoms with van der Waals surface area (Å²) in [6, 6.07) is 3.44. The first kappa shape index (κ1) is 13.8. The van der Waals surface area contributed by atoms with Crippen LogP contribution in [0.15, 0.2) is 23.7 Å². The van der Waals surface area contributed by atoms with Crippen LogP contribution in [0, 0.1) is 0 Å². The van der Waals surface area contributed by atoms with E-state index in [2.05, 4.69) is 10.4 Å². The van der Waals surface area contributed by atoms with Crippen LogP contribution in [0.1, 0.15) is 52.6 Å². The zero-order chi connectivity index (χ0) is 14.8. The lowest BCUT2D eigenvalue weighted by Crippen LogP contribution is -2.19. The molecule has 1 saturated carbocycles. The molecule has 0 atom stereocenters. The van der Waals surface area contributed by atoms with Gasteiger partial charge in [0, 0.05) is 11.6 Å². The first-order valence-electron chi connectivity index (χ1n) is 6.82. The molecule has 21 heavy (non-hydrogen) atoms. The van der Waals surface area contributed by atoms with Crippen molar-refractivity contribution in [2.75, 3.05) is 5.32 Å². The fraction of sp³-hybridized carbons (Fsp3) is 0.357. The van der Waals surface area contributed by atoms with E-state index in [1.165, 1.54) is 35.6 Å². The molecular formula is C14H15N3O3S. The Bertz CT molecular complexity index is 671. The summed E-state index contributed by atoms with van der Waals surface area (Å²) in [5, 5.41) is 17.9. The van der Waals surface area contributed by atoms with E-state index in [9.17, 15) is 9.59 Å². The van der Waals surface area contributed by atoms with Crippen LogP contribution in [0.2, 0.25) is 0 Å². The van der Waals surface area contributed by atoms with Gasteiger partial charge in [-0.25, -0.2) is 4.79 Å². The number of aromatic nitrogens is 2. The number of anilines is 1. The maximum absolute atomic E-state index is 12.3. The van der Waals surface area contributed by atoms with Crippen LogP contribution in [-0.4, -0.2) is 26.8 Å². The minimum atomic E-state index is -0.997. The van der Waals surface area contributed by atoms with Crippen molar-refractivity contribution < 1.29 is 14.7 Å². The minimum Gasteiger partial charge on any atom is -0.478 e. The van der Waals surface area contributed by atoms with E-state index in [4.69, 9.17) is 5.11 Å². The van der Waals surface area contributed by atoms with E-state index in [1.54, 1.807) is 16.9 Å². The van der Waals surface area contributed by atoms with Gasteiger partial charge in [-0.05, 0) is 25.0 Å². The highest BCUT2D eigenvalue weighted by molar-refractivity contribution is 7.14. The number of nitrogens with one attached hydrogen (secondary N) is 1. The first-order valence-corrected chi connectivity index (χ1v) is 7.70. The summed E-state index contributed by atoms with van der Waals surface area (Å²) in [5.74, 6) is -1.25. The standard InChI is InChI=1S/C14H15N3O3S/c18-13(16-12-7-9(8-21-12)14(19)20)11-5-6-15-17(11)10-3-1-2-4-10/h5-8,10H,1-4H2,(H,16,18)(H,19,20). The zero-order valence-electron chi connectivity index (χ0n) is 11.3. The number of amides is 1. The Morgan fingerprint density at radius 3 is 2.81 bits per heavy atom. The number of hydrogen-bond acceptors (Lipinski definition) is 4. The third-order valence-corrected chi connectivity index (χ3v) is 4.50. The van der Waals surface area contributed by atoms with Crippen molar-refractivity contribution in [3.8, 4) is 0 Å². The largest absolute Gasteiger partial charge is 0.478 e. The van der Waals surface area contributed by atoms with Crippen LogP contribution in [0.4, 0.5) is 5.00 Å². The van der Waals surface area contributed by atoms with Gasteiger partial charge in [0.1, 0.15) is 5.69 Å². The van der Waals surface area contributed by atoms with Crippen molar-refractivity contribution in [3.63, 3.8) is 0 Å². The summed E-state index contributed by atoms with van der Waals surface area (Å²) in [6.45, 7) is 0. The average molecular weight is 305 g/mol. The smallest absolute Gasteiger partial charge is 0.336 e. The molecule has 1 fully saturated rings. The molecule has 7 heteroatoms. The molecule has 0 aromatic carbocycles. The molecule has 1 aliphatic rings. The molecule has 2 N–H and O–H groups in total. The number of carbonyl (C=O) groups is 2. The predicted molar refractivity (Wildman–Crippen MR) is 79.0 cm³/mol. The van der Waals surface area contributed by atoms with Gasteiger partial charge in [-0.15, -0.1) is 11.3 Å². The van der Waals surface area contributed by atoms with Crippen LogP contribution in [0.3, 0.4) is 0 Å². The van der Waals surface area contributed by atoms with E-state index < -0.39 is 5.97 Å². The maximum atomic E-state index is 12.3. The molecule has 0 unspecified atom stereocenters. The monoisotopic (exact) mass is 305 g/mol. The quantitative estimate of drug-likeness (QED) is 0.909. The lowest BCUT2D eigenvalue weighted by Gasteiger charge is -2.13. The Hall–Kier alpha value is -2.15. The van der Waals surface area contributed by atoms with Crippen LogP contribution in [-0.2, 0) is 0 Å². The first-order chi connectivity index (χ1) is 10.1. The molecular weight excluding hydrogens is 290 g/mol. The Balaban J connectivity index is 1.76. The highest BCUT2D eigenvalue weighted by atomic mass is 32.1. The van der Waals surface area contributed by atoms with Gasteiger partial charge in [-0.1, -0.05) is 12.8 Å². The van der Waals surface area contributed by atoms with Crippen molar-refractivity contribution in [3.05, 3.63) is 35.0 Å². The summed E-state index contributed by atoms with van der Waals surface area (Å²) in [6.07, 6.45) is 6.05. The number of rotatable bonds is 4. The molecule has 0 radical (unpaired) electrons. The Morgan fingerprint density at radius 1 is 1.38 bits per heavy atom. The van der Waals surface area contributed by atoms with Crippen molar-refractivity contribution in [2.24, 2.45) is 0 Å². The van der Waals surface area contributed by atoms with E-state index in [1.807, 2.05) is 0 Å². The molecule has 0 spiro atoms. The SMILES string of the molecule is O=C(O)c1csc(NC(=O)c2ccnn2C2CCCC2)c1. The number of carboxylic acids is 1. The topological polar surface area (TPSA) is 84.2 Å². The maximum Gasteiger partial charge on any atom is 0.336 e. The van der Waals surface area contributed by atoms with Gasteiger partial charge in [0.15, 0.2) is 0 Å². The average Bonchev–Trinajstić information content (AvgIpc) is 3.19. The fourth-order valence-corrected chi connectivity index (χ4v) is 3.39. The second-order valence-corrected chi connectivity index (χ2v) is 5.97. The van der Waals surface area contributed by atoms with E-state index in [0.29, 0.717) is 16.7 Å². The number of carboxylic acid groups (broad SMARTS) is 1. The van der Waals surface area contributed by atoms with Gasteiger partial charge in [-0.3, -0.25) is 9.48 Å². The van der Waals surface area contributed by atoms with Gasteiger partial charge in [0.05, 0.1) is 16.6 Å². The Kier molecular flexibility index (Phi) is 3.74. The number of nitrogens with zero attached hydrogens (tertiary/aromatic N) is 2. The number of carbonyl (C=O) groups excluding carboxylic acids is 1. The van der Waals surface area contributed by atoms with E-state index in [-0.39, 0.29) is 11.5 Å². The van der Waals surface area contributed by atoms with Gasteiger partial charge in [-0.2, -0.15) is 5.10 Å². The van der Waals surface area contributed by atoms with Crippen molar-refractivity contribution in [2.45, 2.75) is 31.7 Å². The number of hydrogen-bond donors (Lipinski definition) is 2. The zero-order valence-corrected chi connectivity index (χ0v) is 12.1. The highest BCUT2D eigenvalue weighted by Crippen LogP contribution is 2.30. The summed E-state index contributed by atoms with van der Waals surface area (Å²) >= 11 is 1.20. The Morgan fingerprint density at radius 2 is 2.14 bits per heavy atom. The summed E-state index contributed by atoms with van der Waals surface area (Å²) < 4.78 is 1.79. The lowest BCUT2D eigenvalue weighted by molar-refractivity contribution is 0.0697. The summed E-state index contributed by atoms with van der Waals surface area (Å²) in [4.78, 5) is 23.2. The molecule has 2 heterocycles. The van der Waals surface area contributed by atoms with E-state index >= 15 is 0 Å². The van der Waals surface area contributed by atoms with Crippen LogP contribution in [0.25, 0.3) is 0 Å². The molecule has 0 bridgehead atoms. The fourth-order valence-electron chi connectivity index (χ4n) is 2.62. The van der Waals surface area contributed by atoms with Gasteiger partial charge in [0.2, 0.25) is 0 Å². The normalized spacial score (nSPS) is 15.2. The predicted octanol–water partition coefficient (Wildman–Crippen LogP) is 3.01. The van der Waals surface area contributed by atoms with Crippen LogP contribution in [0.5, 0.6) is 0 Å². The van der Waals surface area contributed by atoms with Crippen LogP contribution >= 0.6 is 11.3 Å². The van der Waals surface area contributed by atoms with Gasteiger partial charge in [0.25, 0.3) is 5.91 Å². The number of aromatic carboxylic acids is 1. The van der Waals surface area contributed by atoms with Gasteiger partial charge < -0.3 is 10.4 Å². The molecule has 110 valence electrons. The third kappa shape index (κ3) is 2.82. The molecule has 6 nitrogen and oxygen atoms in total.